The molecule has 2 aromatic rings. The lowest BCUT2D eigenvalue weighted by Crippen LogP contribution is -2.52. The van der Waals surface area contributed by atoms with Gasteiger partial charge in [-0.05, 0) is 30.3 Å². The van der Waals surface area contributed by atoms with Crippen LogP contribution >= 0.6 is 11.6 Å². The van der Waals surface area contributed by atoms with Gasteiger partial charge in [-0.1, -0.05) is 17.7 Å². The highest BCUT2D eigenvalue weighted by molar-refractivity contribution is 6.50. The number of ether oxygens (including phenoxy) is 1. The zero-order chi connectivity index (χ0) is 22.4. The number of carbonyl (C=O) groups excluding carboxylic acids is 3. The minimum atomic E-state index is -0.579. The number of hydrogen-bond donors (Lipinski definition) is 1. The topological polar surface area (TPSA) is 96.0 Å². The summed E-state index contributed by atoms with van der Waals surface area (Å²) in [5.41, 5.74) is 9.13. The van der Waals surface area contributed by atoms with Crippen LogP contribution < -0.4 is 15.5 Å². The number of carbonyl (C=O) groups is 3. The Morgan fingerprint density at radius 1 is 1.03 bits per heavy atom. The number of morpholine rings is 1. The number of benzene rings is 2. The summed E-state index contributed by atoms with van der Waals surface area (Å²) in [5, 5.41) is 0.494. The molecule has 0 bridgehead atoms. The fraction of sp³-hybridized carbons (Fsp3) is 0.217. The van der Waals surface area contributed by atoms with Crippen LogP contribution in [0.25, 0.3) is 0 Å². The third-order valence-electron chi connectivity index (χ3n) is 5.81. The lowest BCUT2D eigenvalue weighted by atomic mass is 9.90. The van der Waals surface area contributed by atoms with Crippen LogP contribution in [0.3, 0.4) is 0 Å². The van der Waals surface area contributed by atoms with Gasteiger partial charge >= 0.3 is 11.8 Å². The van der Waals surface area contributed by atoms with Crippen molar-refractivity contribution >= 4 is 52.1 Å². The molecule has 2 fully saturated rings. The van der Waals surface area contributed by atoms with Crippen LogP contribution in [0.2, 0.25) is 5.02 Å². The SMILES string of the molecule is NC(=O)C1=C2CCN(c3ccc(N4CCOCC4=O)cc3)C(=O)C2=[N+]1c1cccc(Cl)c1. The van der Waals surface area contributed by atoms with E-state index in [-0.39, 0.29) is 18.4 Å². The number of halogens is 1. The van der Waals surface area contributed by atoms with Gasteiger partial charge in [-0.2, -0.15) is 0 Å². The summed E-state index contributed by atoms with van der Waals surface area (Å²) >= 11 is 6.12. The molecule has 0 radical (unpaired) electrons. The zero-order valence-corrected chi connectivity index (χ0v) is 17.8. The first-order chi connectivity index (χ1) is 15.5. The molecule has 9 heteroatoms. The van der Waals surface area contributed by atoms with Crippen molar-refractivity contribution in [2.75, 3.05) is 36.1 Å². The maximum absolute atomic E-state index is 13.4. The fourth-order valence-electron chi connectivity index (χ4n) is 4.34. The first kappa shape index (κ1) is 20.4. The summed E-state index contributed by atoms with van der Waals surface area (Å²) in [7, 11) is 0. The van der Waals surface area contributed by atoms with E-state index in [0.717, 1.165) is 5.69 Å². The first-order valence-electron chi connectivity index (χ1n) is 10.2. The highest BCUT2D eigenvalue weighted by atomic mass is 35.5. The highest BCUT2D eigenvalue weighted by Crippen LogP contribution is 2.36. The van der Waals surface area contributed by atoms with Gasteiger partial charge < -0.3 is 20.3 Å². The van der Waals surface area contributed by atoms with Crippen molar-refractivity contribution in [3.63, 3.8) is 0 Å². The molecule has 3 aliphatic rings. The maximum atomic E-state index is 13.4. The lowest BCUT2D eigenvalue weighted by Gasteiger charge is -2.32. The molecular weight excluding hydrogens is 432 g/mol. The lowest BCUT2D eigenvalue weighted by molar-refractivity contribution is -0.392. The molecule has 8 nitrogen and oxygen atoms in total. The molecule has 0 unspecified atom stereocenters. The van der Waals surface area contributed by atoms with Gasteiger partial charge in [0.1, 0.15) is 12.2 Å². The Balaban J connectivity index is 1.46. The Bertz CT molecular complexity index is 1220. The standard InChI is InChI=1S/C23H19ClN4O4/c24-14-2-1-3-17(12-14)28-20(22(25)30)18-8-9-27(23(31)21(18)28)16-6-4-15(5-7-16)26-10-11-32-13-19(26)29/h1-7,12H,8-11,13H2,(H-,25,30)/p+1. The van der Waals surface area contributed by atoms with Crippen molar-refractivity contribution in [2.24, 2.45) is 5.73 Å². The second-order valence-electron chi connectivity index (χ2n) is 7.68. The monoisotopic (exact) mass is 451 g/mol. The maximum Gasteiger partial charge on any atom is 0.324 e. The Morgan fingerprint density at radius 2 is 1.75 bits per heavy atom. The third kappa shape index (κ3) is 3.28. The van der Waals surface area contributed by atoms with Gasteiger partial charge in [0.15, 0.2) is 0 Å². The molecule has 0 aliphatic carbocycles. The zero-order valence-electron chi connectivity index (χ0n) is 17.1. The predicted molar refractivity (Wildman–Crippen MR) is 119 cm³/mol. The summed E-state index contributed by atoms with van der Waals surface area (Å²) < 4.78 is 6.76. The number of fused-ring (bicyclic) bond motifs is 1. The van der Waals surface area contributed by atoms with Crippen molar-refractivity contribution in [2.45, 2.75) is 6.42 Å². The second kappa shape index (κ2) is 7.89. The van der Waals surface area contributed by atoms with Crippen molar-refractivity contribution in [1.29, 1.82) is 0 Å². The van der Waals surface area contributed by atoms with Gasteiger partial charge in [0, 0.05) is 48.0 Å². The third-order valence-corrected chi connectivity index (χ3v) is 6.05. The number of amides is 3. The van der Waals surface area contributed by atoms with E-state index in [2.05, 4.69) is 0 Å². The van der Waals surface area contributed by atoms with Crippen molar-refractivity contribution in [1.82, 2.24) is 0 Å². The van der Waals surface area contributed by atoms with Crippen LogP contribution in [-0.4, -0.2) is 54.3 Å². The Kier molecular flexibility index (Phi) is 5.03. The quantitative estimate of drug-likeness (QED) is 0.719. The van der Waals surface area contributed by atoms with E-state index >= 15 is 0 Å². The summed E-state index contributed by atoms with van der Waals surface area (Å²) in [6.45, 7) is 1.49. The molecule has 3 aliphatic heterocycles. The number of primary amides is 1. The number of piperidine rings is 1. The molecule has 162 valence electrons. The molecule has 2 aromatic carbocycles. The molecule has 3 heterocycles. The average Bonchev–Trinajstić information content (AvgIpc) is 2.75. The average molecular weight is 452 g/mol. The van der Waals surface area contributed by atoms with Crippen molar-refractivity contribution in [3.05, 3.63) is 64.8 Å². The van der Waals surface area contributed by atoms with Gasteiger partial charge in [0.05, 0.1) is 6.61 Å². The molecule has 0 saturated carbocycles. The Hall–Kier alpha value is -3.49. The largest absolute Gasteiger partial charge is 0.370 e. The predicted octanol–water partition coefficient (Wildman–Crippen LogP) is 1.98. The number of rotatable bonds is 4. The molecule has 0 spiro atoms. The first-order valence-corrected chi connectivity index (χ1v) is 10.6. The van der Waals surface area contributed by atoms with Gasteiger partial charge in [-0.15, -0.1) is 4.58 Å². The number of nitrogens with two attached hydrogens (primary N) is 1. The van der Waals surface area contributed by atoms with E-state index in [1.54, 1.807) is 38.6 Å². The normalized spacial score (nSPS) is 18.7. The van der Waals surface area contributed by atoms with E-state index < -0.39 is 5.91 Å². The number of anilines is 2. The minimum Gasteiger partial charge on any atom is -0.370 e. The smallest absolute Gasteiger partial charge is 0.324 e. The number of nitrogens with zero attached hydrogens (tertiary/aromatic N) is 3. The van der Waals surface area contributed by atoms with E-state index in [4.69, 9.17) is 22.1 Å². The van der Waals surface area contributed by atoms with Crippen LogP contribution in [0.15, 0.2) is 59.8 Å². The van der Waals surface area contributed by atoms with E-state index in [9.17, 15) is 14.4 Å². The van der Waals surface area contributed by atoms with E-state index in [1.165, 1.54) is 0 Å². The van der Waals surface area contributed by atoms with Gasteiger partial charge in [0.2, 0.25) is 5.69 Å². The second-order valence-corrected chi connectivity index (χ2v) is 8.11. The Labute approximate surface area is 189 Å². The van der Waals surface area contributed by atoms with E-state index in [1.807, 2.05) is 24.3 Å². The van der Waals surface area contributed by atoms with Gasteiger partial charge in [0.25, 0.3) is 17.3 Å². The molecule has 2 N–H and O–H groups in total. The van der Waals surface area contributed by atoms with Crippen LogP contribution in [0.5, 0.6) is 0 Å². The van der Waals surface area contributed by atoms with Crippen LogP contribution in [0.1, 0.15) is 6.42 Å². The van der Waals surface area contributed by atoms with E-state index in [0.29, 0.717) is 59.5 Å². The highest BCUT2D eigenvalue weighted by Gasteiger charge is 2.51. The minimum absolute atomic E-state index is 0.0708. The molecular formula is C23H20ClN4O4+. The molecule has 32 heavy (non-hydrogen) atoms. The van der Waals surface area contributed by atoms with Gasteiger partial charge in [-0.25, -0.2) is 0 Å². The number of hydrogen-bond acceptors (Lipinski definition) is 4. The summed E-state index contributed by atoms with van der Waals surface area (Å²) in [5.74, 6) is -0.884. The van der Waals surface area contributed by atoms with Crippen molar-refractivity contribution < 1.29 is 23.7 Å². The molecule has 5 rings (SSSR count). The summed E-state index contributed by atoms with van der Waals surface area (Å²) in [6.07, 6.45) is 0.514. The summed E-state index contributed by atoms with van der Waals surface area (Å²) in [6, 6.07) is 14.2. The summed E-state index contributed by atoms with van der Waals surface area (Å²) in [4.78, 5) is 40.9. The molecule has 0 aromatic heterocycles. The van der Waals surface area contributed by atoms with Crippen molar-refractivity contribution in [3.8, 4) is 0 Å². The van der Waals surface area contributed by atoms with Crippen LogP contribution in [0.4, 0.5) is 17.1 Å². The molecule has 3 amide bonds. The van der Waals surface area contributed by atoms with Crippen LogP contribution in [-0.2, 0) is 19.1 Å². The van der Waals surface area contributed by atoms with Crippen LogP contribution in [0, 0.1) is 0 Å². The molecule has 2 saturated heterocycles. The van der Waals surface area contributed by atoms with Gasteiger partial charge in [-0.3, -0.25) is 14.4 Å². The fourth-order valence-corrected chi connectivity index (χ4v) is 4.52. The Morgan fingerprint density at radius 3 is 2.41 bits per heavy atom. The molecule has 0 atom stereocenters.